The predicted molar refractivity (Wildman–Crippen MR) is 84.1 cm³/mol. The van der Waals surface area contributed by atoms with Gasteiger partial charge in [-0.3, -0.25) is 0 Å². The van der Waals surface area contributed by atoms with E-state index in [9.17, 15) is 4.79 Å². The Labute approximate surface area is 125 Å². The molecule has 0 radical (unpaired) electrons. The van der Waals surface area contributed by atoms with Crippen molar-refractivity contribution in [1.29, 1.82) is 0 Å². The minimum atomic E-state index is -0.189. The summed E-state index contributed by atoms with van der Waals surface area (Å²) >= 11 is 1.80. The van der Waals surface area contributed by atoms with E-state index >= 15 is 0 Å². The van der Waals surface area contributed by atoms with E-state index in [1.54, 1.807) is 25.7 Å². The van der Waals surface area contributed by atoms with Gasteiger partial charge in [-0.15, -0.1) is 11.8 Å². The molecule has 20 heavy (non-hydrogen) atoms. The molecule has 5 heteroatoms. The van der Waals surface area contributed by atoms with Gasteiger partial charge >= 0.3 is 6.03 Å². The number of hydrogen-bond acceptors (Lipinski definition) is 3. The summed E-state index contributed by atoms with van der Waals surface area (Å²) in [6, 6.07) is 7.81. The van der Waals surface area contributed by atoms with Crippen LogP contribution in [0.4, 0.5) is 4.79 Å². The average molecular weight is 296 g/mol. The van der Waals surface area contributed by atoms with Crippen LogP contribution in [0.3, 0.4) is 0 Å². The molecule has 0 aromatic heterocycles. The first-order valence-electron chi connectivity index (χ1n) is 6.86. The minimum Gasteiger partial charge on any atom is -0.394 e. The van der Waals surface area contributed by atoms with Crippen LogP contribution in [0.1, 0.15) is 32.4 Å². The Kier molecular flexibility index (Phi) is 6.88. The molecule has 1 rings (SSSR count). The lowest BCUT2D eigenvalue weighted by Gasteiger charge is -2.25. The summed E-state index contributed by atoms with van der Waals surface area (Å²) in [5, 5.41) is 12.0. The number of urea groups is 1. The topological polar surface area (TPSA) is 52.6 Å². The van der Waals surface area contributed by atoms with Gasteiger partial charge in [0.05, 0.1) is 18.7 Å². The molecule has 2 unspecified atom stereocenters. The first-order chi connectivity index (χ1) is 9.49. The van der Waals surface area contributed by atoms with Crippen molar-refractivity contribution >= 4 is 17.8 Å². The standard InChI is InChI=1S/C15H24N2O2S/c1-5-20-14-8-6-13(7-9-14)12(3)16-15(19)17(4)11(2)10-18/h6-9,11-12,18H,5,10H2,1-4H3,(H,16,19). The third-order valence-corrected chi connectivity index (χ3v) is 4.17. The van der Waals surface area contributed by atoms with Gasteiger partial charge in [-0.1, -0.05) is 19.1 Å². The third-order valence-electron chi connectivity index (χ3n) is 3.28. The number of nitrogens with zero attached hydrogens (tertiary/aromatic N) is 1. The molecule has 2 N–H and O–H groups in total. The van der Waals surface area contributed by atoms with Gasteiger partial charge < -0.3 is 15.3 Å². The molecule has 2 atom stereocenters. The van der Waals surface area contributed by atoms with Crippen LogP contribution in [-0.2, 0) is 0 Å². The van der Waals surface area contributed by atoms with Crippen LogP contribution in [0.25, 0.3) is 0 Å². The maximum Gasteiger partial charge on any atom is 0.317 e. The molecule has 0 fully saturated rings. The van der Waals surface area contributed by atoms with E-state index in [4.69, 9.17) is 5.11 Å². The Hall–Kier alpha value is -1.20. The molecule has 1 aromatic carbocycles. The molecule has 0 aliphatic carbocycles. The zero-order chi connectivity index (χ0) is 15.1. The molecule has 0 spiro atoms. The van der Waals surface area contributed by atoms with Gasteiger partial charge in [0.1, 0.15) is 0 Å². The van der Waals surface area contributed by atoms with Crippen LogP contribution >= 0.6 is 11.8 Å². The lowest BCUT2D eigenvalue weighted by atomic mass is 10.1. The molecular formula is C15H24N2O2S. The van der Waals surface area contributed by atoms with Crippen molar-refractivity contribution in [3.05, 3.63) is 29.8 Å². The zero-order valence-electron chi connectivity index (χ0n) is 12.6. The molecule has 4 nitrogen and oxygen atoms in total. The number of hydrogen-bond donors (Lipinski definition) is 2. The Balaban J connectivity index is 2.61. The molecule has 112 valence electrons. The number of nitrogens with one attached hydrogen (secondary N) is 1. The first kappa shape index (κ1) is 16.9. The van der Waals surface area contributed by atoms with Gasteiger partial charge in [0.15, 0.2) is 0 Å². The van der Waals surface area contributed by atoms with Crippen LogP contribution in [-0.4, -0.2) is 41.5 Å². The van der Waals surface area contributed by atoms with Crippen molar-refractivity contribution in [2.24, 2.45) is 0 Å². The molecule has 0 heterocycles. The molecule has 0 aliphatic rings. The van der Waals surface area contributed by atoms with Crippen molar-refractivity contribution < 1.29 is 9.90 Å². The maximum absolute atomic E-state index is 12.0. The maximum atomic E-state index is 12.0. The Bertz CT molecular complexity index is 422. The number of likely N-dealkylation sites (N-methyl/N-ethyl adjacent to an activating group) is 1. The number of aliphatic hydroxyl groups is 1. The SMILES string of the molecule is CCSc1ccc(C(C)NC(=O)N(C)C(C)CO)cc1. The summed E-state index contributed by atoms with van der Waals surface area (Å²) in [6.45, 7) is 5.85. The third kappa shape index (κ3) is 4.72. The lowest BCUT2D eigenvalue weighted by Crippen LogP contribution is -2.44. The Morgan fingerprint density at radius 3 is 2.45 bits per heavy atom. The Morgan fingerprint density at radius 1 is 1.35 bits per heavy atom. The minimum absolute atomic E-state index is 0.0404. The number of aliphatic hydroxyl groups excluding tert-OH is 1. The highest BCUT2D eigenvalue weighted by Crippen LogP contribution is 2.20. The zero-order valence-corrected chi connectivity index (χ0v) is 13.4. The quantitative estimate of drug-likeness (QED) is 0.794. The van der Waals surface area contributed by atoms with Crippen LogP contribution in [0.5, 0.6) is 0 Å². The molecule has 0 bridgehead atoms. The monoisotopic (exact) mass is 296 g/mol. The summed E-state index contributed by atoms with van der Waals surface area (Å²) < 4.78 is 0. The number of rotatable bonds is 6. The van der Waals surface area contributed by atoms with Gasteiger partial charge in [0.2, 0.25) is 0 Å². The van der Waals surface area contributed by atoms with Gasteiger partial charge in [0, 0.05) is 11.9 Å². The lowest BCUT2D eigenvalue weighted by molar-refractivity contribution is 0.155. The van der Waals surface area contributed by atoms with E-state index in [1.807, 2.05) is 19.1 Å². The second kappa shape index (κ2) is 8.17. The summed E-state index contributed by atoms with van der Waals surface area (Å²) in [7, 11) is 1.68. The van der Waals surface area contributed by atoms with Gasteiger partial charge in [-0.2, -0.15) is 0 Å². The number of thioether (sulfide) groups is 1. The van der Waals surface area contributed by atoms with E-state index in [0.29, 0.717) is 0 Å². The largest absolute Gasteiger partial charge is 0.394 e. The van der Waals surface area contributed by atoms with E-state index in [1.165, 1.54) is 9.80 Å². The van der Waals surface area contributed by atoms with E-state index < -0.39 is 0 Å². The number of benzene rings is 1. The van der Waals surface area contributed by atoms with Gasteiger partial charge in [-0.05, 0) is 37.3 Å². The molecule has 0 aliphatic heterocycles. The highest BCUT2D eigenvalue weighted by Gasteiger charge is 2.17. The van der Waals surface area contributed by atoms with Crippen molar-refractivity contribution in [2.45, 2.75) is 37.8 Å². The van der Waals surface area contributed by atoms with Crippen molar-refractivity contribution in [2.75, 3.05) is 19.4 Å². The fraction of sp³-hybridized carbons (Fsp3) is 0.533. The van der Waals surface area contributed by atoms with E-state index in [0.717, 1.165) is 11.3 Å². The summed E-state index contributed by atoms with van der Waals surface area (Å²) in [5.74, 6) is 1.05. The summed E-state index contributed by atoms with van der Waals surface area (Å²) in [5.41, 5.74) is 1.07. The molecule has 2 amide bonds. The van der Waals surface area contributed by atoms with E-state index in [-0.39, 0.29) is 24.7 Å². The van der Waals surface area contributed by atoms with Crippen LogP contribution in [0.2, 0.25) is 0 Å². The fourth-order valence-corrected chi connectivity index (χ4v) is 2.37. The molecule has 0 saturated carbocycles. The molecule has 1 aromatic rings. The number of carbonyl (C=O) groups excluding carboxylic acids is 1. The van der Waals surface area contributed by atoms with Gasteiger partial charge in [-0.25, -0.2) is 4.79 Å². The van der Waals surface area contributed by atoms with Crippen molar-refractivity contribution in [3.63, 3.8) is 0 Å². The number of carbonyl (C=O) groups is 1. The predicted octanol–water partition coefficient (Wildman–Crippen LogP) is 2.88. The molecular weight excluding hydrogens is 272 g/mol. The smallest absolute Gasteiger partial charge is 0.317 e. The normalized spacial score (nSPS) is 13.7. The highest BCUT2D eigenvalue weighted by atomic mass is 32.2. The van der Waals surface area contributed by atoms with Crippen LogP contribution in [0.15, 0.2) is 29.2 Å². The summed E-state index contributed by atoms with van der Waals surface area (Å²) in [4.78, 5) is 14.7. The summed E-state index contributed by atoms with van der Waals surface area (Å²) in [6.07, 6.45) is 0. The fourth-order valence-electron chi connectivity index (χ4n) is 1.71. The Morgan fingerprint density at radius 2 is 1.95 bits per heavy atom. The average Bonchev–Trinajstić information content (AvgIpc) is 2.46. The first-order valence-corrected chi connectivity index (χ1v) is 7.85. The second-order valence-electron chi connectivity index (χ2n) is 4.82. The number of amides is 2. The highest BCUT2D eigenvalue weighted by molar-refractivity contribution is 7.99. The van der Waals surface area contributed by atoms with Gasteiger partial charge in [0.25, 0.3) is 0 Å². The van der Waals surface area contributed by atoms with Crippen LogP contribution < -0.4 is 5.32 Å². The van der Waals surface area contributed by atoms with Crippen molar-refractivity contribution in [3.8, 4) is 0 Å². The van der Waals surface area contributed by atoms with Crippen LogP contribution in [0, 0.1) is 0 Å². The van der Waals surface area contributed by atoms with Crippen molar-refractivity contribution in [1.82, 2.24) is 10.2 Å². The van der Waals surface area contributed by atoms with E-state index in [2.05, 4.69) is 24.4 Å². The molecule has 0 saturated heterocycles. The second-order valence-corrected chi connectivity index (χ2v) is 6.15.